The highest BCUT2D eigenvalue weighted by Crippen LogP contribution is 2.24. The Hall–Kier alpha value is -0.0800. The quantitative estimate of drug-likeness (QED) is 0.656. The highest BCUT2D eigenvalue weighted by atomic mass is 16.6. The van der Waals surface area contributed by atoms with E-state index in [9.17, 15) is 0 Å². The van der Waals surface area contributed by atoms with Crippen molar-refractivity contribution in [1.82, 2.24) is 5.48 Å². The third-order valence-corrected chi connectivity index (χ3v) is 2.51. The normalized spacial score (nSPS) is 30.0. The van der Waals surface area contributed by atoms with Gasteiger partial charge in [-0.3, -0.25) is 0 Å². The van der Waals surface area contributed by atoms with E-state index in [0.717, 1.165) is 12.5 Å². The maximum absolute atomic E-state index is 5.40. The summed E-state index contributed by atoms with van der Waals surface area (Å²) in [5.41, 5.74) is 3.16. The minimum Gasteiger partial charge on any atom is -0.301 e. The first-order valence-corrected chi connectivity index (χ1v) is 5.07. The van der Waals surface area contributed by atoms with Gasteiger partial charge in [-0.2, -0.15) is 5.48 Å². The summed E-state index contributed by atoms with van der Waals surface area (Å²) in [6.07, 6.45) is 3.98. The summed E-state index contributed by atoms with van der Waals surface area (Å²) in [5, 5.41) is 0. The first kappa shape index (κ1) is 10.0. The monoisotopic (exact) mass is 171 g/mol. The zero-order valence-corrected chi connectivity index (χ0v) is 8.47. The van der Waals surface area contributed by atoms with Crippen LogP contribution in [0.2, 0.25) is 0 Å². The summed E-state index contributed by atoms with van der Waals surface area (Å²) in [7, 11) is 0. The molecule has 0 saturated heterocycles. The van der Waals surface area contributed by atoms with Crippen molar-refractivity contribution < 1.29 is 4.84 Å². The van der Waals surface area contributed by atoms with Gasteiger partial charge in [0.1, 0.15) is 0 Å². The molecule has 12 heavy (non-hydrogen) atoms. The molecule has 2 heteroatoms. The second-order valence-electron chi connectivity index (χ2n) is 4.34. The molecule has 1 aliphatic rings. The third-order valence-electron chi connectivity index (χ3n) is 2.51. The topological polar surface area (TPSA) is 21.3 Å². The van der Waals surface area contributed by atoms with Crippen LogP contribution >= 0.6 is 0 Å². The van der Waals surface area contributed by atoms with Crippen LogP contribution in [0.1, 0.15) is 40.0 Å². The molecule has 1 aliphatic carbocycles. The Morgan fingerprint density at radius 2 is 2.17 bits per heavy atom. The van der Waals surface area contributed by atoms with Crippen LogP contribution in [0.3, 0.4) is 0 Å². The molecule has 0 bridgehead atoms. The lowest BCUT2D eigenvalue weighted by atomic mass is 10.1. The Labute approximate surface area is 75.6 Å². The van der Waals surface area contributed by atoms with Crippen LogP contribution in [-0.2, 0) is 4.84 Å². The molecular weight excluding hydrogens is 150 g/mol. The summed E-state index contributed by atoms with van der Waals surface area (Å²) >= 11 is 0. The molecule has 0 heterocycles. The second kappa shape index (κ2) is 4.83. The predicted molar refractivity (Wildman–Crippen MR) is 50.7 cm³/mol. The van der Waals surface area contributed by atoms with E-state index in [1.807, 2.05) is 0 Å². The molecule has 2 unspecified atom stereocenters. The molecule has 0 aromatic rings. The fourth-order valence-corrected chi connectivity index (χ4v) is 1.64. The molecule has 1 fully saturated rings. The van der Waals surface area contributed by atoms with Gasteiger partial charge in [0.15, 0.2) is 0 Å². The number of rotatable bonds is 4. The van der Waals surface area contributed by atoms with Gasteiger partial charge in [0.25, 0.3) is 0 Å². The smallest absolute Gasteiger partial charge is 0.0705 e. The summed E-state index contributed by atoms with van der Waals surface area (Å²) in [6.45, 7) is 7.45. The maximum Gasteiger partial charge on any atom is 0.0705 e. The number of hydroxylamine groups is 1. The van der Waals surface area contributed by atoms with Gasteiger partial charge in [0.2, 0.25) is 0 Å². The van der Waals surface area contributed by atoms with E-state index in [0.29, 0.717) is 12.0 Å². The van der Waals surface area contributed by atoms with Crippen molar-refractivity contribution in [2.45, 2.75) is 46.1 Å². The number of hydrogen-bond donors (Lipinski definition) is 1. The van der Waals surface area contributed by atoms with E-state index in [2.05, 4.69) is 26.3 Å². The average Bonchev–Trinajstić information content (AvgIpc) is 2.36. The molecule has 0 aliphatic heterocycles. The SMILES string of the molecule is CC(C)CONC1CCCC1C. The number of nitrogens with one attached hydrogen (secondary N) is 1. The van der Waals surface area contributed by atoms with Crippen LogP contribution in [0.4, 0.5) is 0 Å². The van der Waals surface area contributed by atoms with Gasteiger partial charge in [-0.1, -0.05) is 27.2 Å². The van der Waals surface area contributed by atoms with Gasteiger partial charge in [0.05, 0.1) is 6.61 Å². The Morgan fingerprint density at radius 1 is 1.42 bits per heavy atom. The fourth-order valence-electron chi connectivity index (χ4n) is 1.64. The standard InChI is InChI=1S/C10H21NO/c1-8(2)7-12-11-10-6-4-5-9(10)3/h8-11H,4-7H2,1-3H3. The van der Waals surface area contributed by atoms with Crippen LogP contribution in [0.15, 0.2) is 0 Å². The molecule has 0 amide bonds. The van der Waals surface area contributed by atoms with Crippen LogP contribution in [0.5, 0.6) is 0 Å². The van der Waals surface area contributed by atoms with Gasteiger partial charge in [-0.15, -0.1) is 0 Å². The van der Waals surface area contributed by atoms with Crippen molar-refractivity contribution in [3.63, 3.8) is 0 Å². The van der Waals surface area contributed by atoms with Gasteiger partial charge in [-0.05, 0) is 24.7 Å². The van der Waals surface area contributed by atoms with Gasteiger partial charge < -0.3 is 4.84 Å². The lowest BCUT2D eigenvalue weighted by Crippen LogP contribution is -2.32. The van der Waals surface area contributed by atoms with Crippen molar-refractivity contribution in [2.75, 3.05) is 6.61 Å². The van der Waals surface area contributed by atoms with E-state index >= 15 is 0 Å². The first-order valence-electron chi connectivity index (χ1n) is 5.07. The summed E-state index contributed by atoms with van der Waals surface area (Å²) in [6, 6.07) is 0.601. The van der Waals surface area contributed by atoms with Crippen molar-refractivity contribution in [3.8, 4) is 0 Å². The zero-order valence-electron chi connectivity index (χ0n) is 8.47. The van der Waals surface area contributed by atoms with E-state index in [-0.39, 0.29) is 0 Å². The molecule has 0 radical (unpaired) electrons. The van der Waals surface area contributed by atoms with E-state index in [1.165, 1.54) is 19.3 Å². The van der Waals surface area contributed by atoms with E-state index in [4.69, 9.17) is 4.84 Å². The minimum atomic E-state index is 0.601. The molecule has 1 saturated carbocycles. The maximum atomic E-state index is 5.40. The molecule has 1 rings (SSSR count). The van der Waals surface area contributed by atoms with Crippen LogP contribution in [0.25, 0.3) is 0 Å². The summed E-state index contributed by atoms with van der Waals surface area (Å²) < 4.78 is 0. The Morgan fingerprint density at radius 3 is 2.67 bits per heavy atom. The Kier molecular flexibility index (Phi) is 4.02. The average molecular weight is 171 g/mol. The van der Waals surface area contributed by atoms with Crippen molar-refractivity contribution in [1.29, 1.82) is 0 Å². The molecule has 72 valence electrons. The highest BCUT2D eigenvalue weighted by Gasteiger charge is 2.22. The van der Waals surface area contributed by atoms with Crippen LogP contribution in [-0.4, -0.2) is 12.6 Å². The van der Waals surface area contributed by atoms with Crippen LogP contribution in [0, 0.1) is 11.8 Å². The predicted octanol–water partition coefficient (Wildman–Crippen LogP) is 2.35. The summed E-state index contributed by atoms with van der Waals surface area (Å²) in [5.74, 6) is 1.41. The van der Waals surface area contributed by atoms with Crippen molar-refractivity contribution >= 4 is 0 Å². The second-order valence-corrected chi connectivity index (χ2v) is 4.34. The molecule has 1 N–H and O–H groups in total. The lowest BCUT2D eigenvalue weighted by Gasteiger charge is -2.17. The first-order chi connectivity index (χ1) is 5.70. The molecule has 0 aromatic carbocycles. The molecule has 0 spiro atoms. The van der Waals surface area contributed by atoms with E-state index < -0.39 is 0 Å². The lowest BCUT2D eigenvalue weighted by molar-refractivity contribution is -0.00566. The van der Waals surface area contributed by atoms with Gasteiger partial charge in [-0.25, -0.2) is 0 Å². The molecule has 0 aromatic heterocycles. The summed E-state index contributed by atoms with van der Waals surface area (Å²) in [4.78, 5) is 5.40. The fraction of sp³-hybridized carbons (Fsp3) is 1.00. The third kappa shape index (κ3) is 3.11. The van der Waals surface area contributed by atoms with Crippen molar-refractivity contribution in [3.05, 3.63) is 0 Å². The molecule has 2 nitrogen and oxygen atoms in total. The Bertz CT molecular complexity index is 125. The minimum absolute atomic E-state index is 0.601. The van der Waals surface area contributed by atoms with Crippen LogP contribution < -0.4 is 5.48 Å². The largest absolute Gasteiger partial charge is 0.301 e. The van der Waals surface area contributed by atoms with E-state index in [1.54, 1.807) is 0 Å². The highest BCUT2D eigenvalue weighted by molar-refractivity contribution is 4.77. The molecule has 2 atom stereocenters. The van der Waals surface area contributed by atoms with Gasteiger partial charge >= 0.3 is 0 Å². The Balaban J connectivity index is 2.06. The number of hydrogen-bond acceptors (Lipinski definition) is 2. The van der Waals surface area contributed by atoms with Gasteiger partial charge in [0, 0.05) is 6.04 Å². The zero-order chi connectivity index (χ0) is 8.97. The van der Waals surface area contributed by atoms with Crippen molar-refractivity contribution in [2.24, 2.45) is 11.8 Å². The molecular formula is C10H21NO.